The molecule has 6 unspecified atom stereocenters. The average Bonchev–Trinajstić information content (AvgIpc) is 3.66. The minimum absolute atomic E-state index is 0.169. The molecule has 0 N–H and O–H groups in total. The van der Waals surface area contributed by atoms with Crippen LogP contribution in [0.15, 0.2) is 182 Å². The summed E-state index contributed by atoms with van der Waals surface area (Å²) < 4.78 is 42.6. The molecule has 6 rings (SSSR count). The van der Waals surface area contributed by atoms with Crippen molar-refractivity contribution in [3.05, 3.63) is 215 Å². The highest BCUT2D eigenvalue weighted by atomic mass is 32.1. The van der Waals surface area contributed by atoms with E-state index in [0.29, 0.717) is 0 Å². The topological polar surface area (TPSA) is 167 Å². The van der Waals surface area contributed by atoms with Crippen LogP contribution >= 0.6 is 75.8 Å². The highest BCUT2D eigenvalue weighted by Crippen LogP contribution is 2.33. The molecule has 0 fully saturated rings. The quantitative estimate of drug-likeness (QED) is 0.0128. The van der Waals surface area contributed by atoms with Crippen LogP contribution in [0.4, 0.5) is 0 Å². The van der Waals surface area contributed by atoms with Crippen LogP contribution < -0.4 is 0 Å². The minimum atomic E-state index is -1.65. The Morgan fingerprint density at radius 3 is 0.542 bits per heavy atom. The monoisotopic (exact) mass is 1240 g/mol. The second-order valence-corrected chi connectivity index (χ2v) is 24.0. The first kappa shape index (κ1) is 66.3. The number of rotatable bonds is 34. The lowest BCUT2D eigenvalue weighted by molar-refractivity contribution is -0.175. The molecular weight excluding hydrogens is 1170 g/mol. The molecule has 19 heteroatoms. The molecule has 0 aliphatic rings. The summed E-state index contributed by atoms with van der Waals surface area (Å²) in [7, 11) is 0. The fraction of sp³-hybridized carbons (Fsp3) is 0.344. The number of carbonyl (C=O) groups is 6. The van der Waals surface area contributed by atoms with Crippen molar-refractivity contribution in [2.75, 3.05) is 52.9 Å². The first-order chi connectivity index (χ1) is 40.0. The maximum Gasteiger partial charge on any atom is 0.307 e. The largest absolute Gasteiger partial charge is 0.465 e. The highest BCUT2D eigenvalue weighted by molar-refractivity contribution is 7.81. The normalized spacial score (nSPS) is 14.8. The summed E-state index contributed by atoms with van der Waals surface area (Å²) in [5.74, 6) is -4.06. The number of hydrogen-bond donors (Lipinski definition) is 6. The third-order valence-electron chi connectivity index (χ3n) is 13.3. The van der Waals surface area contributed by atoms with E-state index in [9.17, 15) is 28.8 Å². The second-order valence-electron chi connectivity index (χ2n) is 20.2. The van der Waals surface area contributed by atoms with Crippen LogP contribution in [-0.4, -0.2) is 88.7 Å². The molecule has 0 aliphatic heterocycles. The Kier molecular flexibility index (Phi) is 27.9. The Bertz CT molecular complexity index is 2420. The lowest BCUT2D eigenvalue weighted by Crippen LogP contribution is -2.47. The van der Waals surface area contributed by atoms with Crippen molar-refractivity contribution in [1.29, 1.82) is 0 Å². The molecule has 83 heavy (non-hydrogen) atoms. The molecule has 0 bridgehead atoms. The third kappa shape index (κ3) is 23.3. The summed E-state index contributed by atoms with van der Waals surface area (Å²) in [5.41, 5.74) is 1.31. The van der Waals surface area contributed by atoms with Crippen LogP contribution in [0.25, 0.3) is 0 Å². The molecule has 6 atom stereocenters. The maximum absolute atomic E-state index is 13.8. The third-order valence-corrected chi connectivity index (χ3v) is 16.2. The predicted molar refractivity (Wildman–Crippen MR) is 338 cm³/mol. The lowest BCUT2D eigenvalue weighted by atomic mass is 9.90. The molecule has 0 amide bonds. The molecule has 0 heterocycles. The Morgan fingerprint density at radius 1 is 0.253 bits per heavy atom. The van der Waals surface area contributed by atoms with E-state index in [-0.39, 0.29) is 38.5 Å². The lowest BCUT2D eigenvalue weighted by Gasteiger charge is -2.36. The van der Waals surface area contributed by atoms with Crippen molar-refractivity contribution in [2.45, 2.75) is 70.0 Å². The van der Waals surface area contributed by atoms with Crippen molar-refractivity contribution in [2.24, 2.45) is 10.8 Å². The Morgan fingerprint density at radius 2 is 0.398 bits per heavy atom. The summed E-state index contributed by atoms with van der Waals surface area (Å²) in [6, 6.07) is 54.9. The first-order valence-corrected chi connectivity index (χ1v) is 30.0. The Labute approximate surface area is 519 Å². The van der Waals surface area contributed by atoms with Crippen molar-refractivity contribution in [3.8, 4) is 0 Å². The second kappa shape index (κ2) is 34.8. The first-order valence-electron chi connectivity index (χ1n) is 26.9. The van der Waals surface area contributed by atoms with Crippen LogP contribution in [0.2, 0.25) is 0 Å². The molecular formula is C64H70O13S6. The molecule has 0 aromatic heterocycles. The molecule has 440 valence electrons. The zero-order valence-corrected chi connectivity index (χ0v) is 51.0. The van der Waals surface area contributed by atoms with Gasteiger partial charge in [0.1, 0.15) is 39.6 Å². The van der Waals surface area contributed by atoms with Gasteiger partial charge in [-0.05, 0) is 33.4 Å². The number of ether oxygens (including phenoxy) is 7. The summed E-state index contributed by atoms with van der Waals surface area (Å²) in [5, 5.41) is -3.36. The van der Waals surface area contributed by atoms with E-state index >= 15 is 0 Å². The van der Waals surface area contributed by atoms with Crippen molar-refractivity contribution >= 4 is 112 Å². The van der Waals surface area contributed by atoms with E-state index in [0.717, 1.165) is 33.4 Å². The molecule has 0 saturated carbocycles. The standard InChI is InChI=1S/C64H70O13S6/c65-57(31-51(78)45-19-7-1-8-20-45)72-39-63(40-73-58(66)32-52(79)46-21-9-2-10-22-46,41-74-59(67)33-53(80)47-23-11-3-12-24-47)37-71-38-64(42-75-60(68)34-54(81)48-25-13-4-14-26-48,43-76-61(69)35-55(82)49-27-15-5-16-28-49)44-77-62(70)36-56(83)50-29-17-6-18-30-50/h1-30,51-56,78-83H,31-44H2. The molecule has 0 aliphatic carbocycles. The summed E-state index contributed by atoms with van der Waals surface area (Å²) in [4.78, 5) is 83.0. The number of benzene rings is 6. The van der Waals surface area contributed by atoms with Crippen LogP contribution in [0.1, 0.15) is 103 Å². The smallest absolute Gasteiger partial charge is 0.307 e. The van der Waals surface area contributed by atoms with Crippen LogP contribution in [0, 0.1) is 10.8 Å². The molecule has 6 aromatic carbocycles. The van der Waals surface area contributed by atoms with Gasteiger partial charge in [-0.15, -0.1) is 0 Å². The molecule has 0 radical (unpaired) electrons. The fourth-order valence-electron chi connectivity index (χ4n) is 8.44. The summed E-state index contributed by atoms with van der Waals surface area (Å²) in [6.45, 7) is -4.06. The SMILES string of the molecule is O=C(CC(S)c1ccccc1)OCC(COCC(COC(=O)CC(S)c1ccccc1)(COC(=O)CC(S)c1ccccc1)COC(=O)CC(S)c1ccccc1)(COC(=O)CC(S)c1ccccc1)COC(=O)CC(S)c1ccccc1. The number of esters is 6. The van der Waals surface area contributed by atoms with Gasteiger partial charge in [0, 0.05) is 31.5 Å². The Hall–Kier alpha value is -5.80. The maximum atomic E-state index is 13.8. The van der Waals surface area contributed by atoms with E-state index in [1.54, 1.807) is 0 Å². The molecule has 6 aromatic rings. The van der Waals surface area contributed by atoms with Gasteiger partial charge >= 0.3 is 35.8 Å². The van der Waals surface area contributed by atoms with Gasteiger partial charge in [0.25, 0.3) is 0 Å². The zero-order valence-electron chi connectivity index (χ0n) is 45.7. The van der Waals surface area contributed by atoms with Crippen LogP contribution in [-0.2, 0) is 61.9 Å². The fourth-order valence-corrected chi connectivity index (χ4v) is 10.4. The van der Waals surface area contributed by atoms with Crippen LogP contribution in [0.5, 0.6) is 0 Å². The van der Waals surface area contributed by atoms with E-state index in [2.05, 4.69) is 75.8 Å². The van der Waals surface area contributed by atoms with E-state index in [1.165, 1.54) is 0 Å². The molecule has 0 spiro atoms. The van der Waals surface area contributed by atoms with Gasteiger partial charge < -0.3 is 33.2 Å². The van der Waals surface area contributed by atoms with E-state index in [1.807, 2.05) is 182 Å². The predicted octanol–water partition coefficient (Wildman–Crippen LogP) is 12.6. The van der Waals surface area contributed by atoms with E-state index in [4.69, 9.17) is 33.2 Å². The van der Waals surface area contributed by atoms with Gasteiger partial charge in [-0.3, -0.25) is 28.8 Å². The van der Waals surface area contributed by atoms with Gasteiger partial charge in [-0.2, -0.15) is 75.8 Å². The number of carbonyl (C=O) groups excluding carboxylic acids is 6. The van der Waals surface area contributed by atoms with Gasteiger partial charge in [0.15, 0.2) is 0 Å². The molecule has 0 saturated heterocycles. The van der Waals surface area contributed by atoms with Crippen molar-refractivity contribution in [1.82, 2.24) is 0 Å². The van der Waals surface area contributed by atoms with Gasteiger partial charge in [0.2, 0.25) is 0 Å². The van der Waals surface area contributed by atoms with E-state index < -0.39 is 131 Å². The number of thiol groups is 6. The highest BCUT2D eigenvalue weighted by Gasteiger charge is 2.42. The molecule has 13 nitrogen and oxygen atoms in total. The van der Waals surface area contributed by atoms with Gasteiger partial charge in [0.05, 0.1) is 62.6 Å². The summed E-state index contributed by atoms with van der Waals surface area (Å²) in [6.07, 6.45) is -1.01. The summed E-state index contributed by atoms with van der Waals surface area (Å²) >= 11 is 28.1. The van der Waals surface area contributed by atoms with Gasteiger partial charge in [-0.1, -0.05) is 182 Å². The number of hydrogen-bond acceptors (Lipinski definition) is 19. The minimum Gasteiger partial charge on any atom is -0.465 e. The van der Waals surface area contributed by atoms with Crippen molar-refractivity contribution < 1.29 is 61.9 Å². The van der Waals surface area contributed by atoms with Crippen LogP contribution in [0.3, 0.4) is 0 Å². The zero-order chi connectivity index (χ0) is 59.5. The Balaban J connectivity index is 1.33. The van der Waals surface area contributed by atoms with Crippen molar-refractivity contribution in [3.63, 3.8) is 0 Å². The average molecular weight is 1240 g/mol. The van der Waals surface area contributed by atoms with Gasteiger partial charge in [-0.25, -0.2) is 0 Å².